The van der Waals surface area contributed by atoms with Gasteiger partial charge < -0.3 is 11.1 Å². The van der Waals surface area contributed by atoms with Gasteiger partial charge in [-0.2, -0.15) is 0 Å². The number of nitrogens with two attached hydrogens (primary N) is 1. The summed E-state index contributed by atoms with van der Waals surface area (Å²) in [5.41, 5.74) is 9.52. The summed E-state index contributed by atoms with van der Waals surface area (Å²) < 4.78 is 0. The topological polar surface area (TPSA) is 38.0 Å². The van der Waals surface area contributed by atoms with E-state index in [0.29, 0.717) is 6.04 Å². The molecule has 2 rings (SSSR count). The van der Waals surface area contributed by atoms with Crippen molar-refractivity contribution in [2.45, 2.75) is 19.4 Å². The van der Waals surface area contributed by atoms with Crippen LogP contribution in [0, 0.1) is 0 Å². The average Bonchev–Trinajstić information content (AvgIpc) is 2.07. The Bertz CT molecular complexity index is 294. The van der Waals surface area contributed by atoms with E-state index < -0.39 is 0 Å². The van der Waals surface area contributed by atoms with Crippen molar-refractivity contribution in [1.82, 2.24) is 5.32 Å². The molecule has 0 spiro atoms. The first-order valence-electron chi connectivity index (χ1n) is 4.39. The van der Waals surface area contributed by atoms with Crippen LogP contribution in [0.15, 0.2) is 18.2 Å². The van der Waals surface area contributed by atoms with Crippen molar-refractivity contribution in [2.75, 3.05) is 12.3 Å². The minimum absolute atomic E-state index is 0.456. The van der Waals surface area contributed by atoms with E-state index in [1.54, 1.807) is 0 Å². The first kappa shape index (κ1) is 7.62. The summed E-state index contributed by atoms with van der Waals surface area (Å²) in [6.07, 6.45) is 1.06. The summed E-state index contributed by atoms with van der Waals surface area (Å²) in [6.45, 7) is 3.22. The number of benzene rings is 1. The third-order valence-corrected chi connectivity index (χ3v) is 2.54. The number of fused-ring (bicyclic) bond motifs is 1. The molecule has 0 fully saturated rings. The van der Waals surface area contributed by atoms with Crippen LogP contribution < -0.4 is 11.1 Å². The molecule has 1 aliphatic heterocycles. The molecule has 0 saturated carbocycles. The van der Waals surface area contributed by atoms with Crippen LogP contribution in [-0.2, 0) is 6.42 Å². The van der Waals surface area contributed by atoms with Gasteiger partial charge in [0.1, 0.15) is 0 Å². The molecule has 1 aromatic carbocycles. The second kappa shape index (κ2) is 2.79. The molecule has 2 heteroatoms. The minimum atomic E-state index is 0.456. The van der Waals surface area contributed by atoms with Gasteiger partial charge in [-0.25, -0.2) is 0 Å². The molecule has 1 heterocycles. The molecule has 0 radical (unpaired) electrons. The molecule has 3 N–H and O–H groups in total. The quantitative estimate of drug-likeness (QED) is 0.567. The van der Waals surface area contributed by atoms with Gasteiger partial charge >= 0.3 is 0 Å². The Balaban J connectivity index is 2.52. The summed E-state index contributed by atoms with van der Waals surface area (Å²) in [4.78, 5) is 0. The lowest BCUT2D eigenvalue weighted by atomic mass is 9.94. The number of hydrogen-bond donors (Lipinski definition) is 2. The molecular weight excluding hydrogens is 148 g/mol. The second-order valence-electron chi connectivity index (χ2n) is 3.34. The maximum Gasteiger partial charge on any atom is 0.0350 e. The van der Waals surface area contributed by atoms with Gasteiger partial charge in [-0.15, -0.1) is 0 Å². The standard InChI is InChI=1S/C10H14N2/c1-7-8-3-2-4-10(11)9(8)5-6-12-7/h2-4,7,12H,5-6,11H2,1H3. The molecule has 1 aromatic rings. The maximum absolute atomic E-state index is 5.88. The SMILES string of the molecule is CC1NCCc2c(N)cccc21. The molecule has 12 heavy (non-hydrogen) atoms. The summed E-state index contributed by atoms with van der Waals surface area (Å²) in [7, 11) is 0. The van der Waals surface area contributed by atoms with Crippen molar-refractivity contribution < 1.29 is 0 Å². The number of nitrogen functional groups attached to an aromatic ring is 1. The number of hydrogen-bond acceptors (Lipinski definition) is 2. The monoisotopic (exact) mass is 162 g/mol. The Kier molecular flexibility index (Phi) is 1.77. The van der Waals surface area contributed by atoms with Gasteiger partial charge in [0.05, 0.1) is 0 Å². The maximum atomic E-state index is 5.88. The fourth-order valence-electron chi connectivity index (χ4n) is 1.84. The van der Waals surface area contributed by atoms with Crippen molar-refractivity contribution in [3.63, 3.8) is 0 Å². The van der Waals surface area contributed by atoms with Crippen molar-refractivity contribution in [2.24, 2.45) is 0 Å². The smallest absolute Gasteiger partial charge is 0.0350 e. The van der Waals surface area contributed by atoms with Crippen molar-refractivity contribution >= 4 is 5.69 Å². The van der Waals surface area contributed by atoms with E-state index in [2.05, 4.69) is 18.3 Å². The molecule has 1 atom stereocenters. The van der Waals surface area contributed by atoms with Gasteiger partial charge in [0, 0.05) is 11.7 Å². The zero-order valence-electron chi connectivity index (χ0n) is 7.30. The fourth-order valence-corrected chi connectivity index (χ4v) is 1.84. The van der Waals surface area contributed by atoms with Crippen LogP contribution in [0.3, 0.4) is 0 Å². The average molecular weight is 162 g/mol. The Morgan fingerprint density at radius 2 is 2.33 bits per heavy atom. The van der Waals surface area contributed by atoms with Crippen LogP contribution in [0.5, 0.6) is 0 Å². The van der Waals surface area contributed by atoms with Crippen LogP contribution >= 0.6 is 0 Å². The minimum Gasteiger partial charge on any atom is -0.398 e. The predicted molar refractivity (Wildman–Crippen MR) is 51.0 cm³/mol. The molecule has 2 nitrogen and oxygen atoms in total. The largest absolute Gasteiger partial charge is 0.398 e. The molecule has 0 saturated heterocycles. The van der Waals surface area contributed by atoms with E-state index in [4.69, 9.17) is 5.73 Å². The molecule has 0 amide bonds. The molecule has 0 bridgehead atoms. The third kappa shape index (κ3) is 1.08. The lowest BCUT2D eigenvalue weighted by Gasteiger charge is -2.24. The van der Waals surface area contributed by atoms with Gasteiger partial charge in [0.25, 0.3) is 0 Å². The molecule has 0 aliphatic carbocycles. The van der Waals surface area contributed by atoms with Crippen molar-refractivity contribution in [3.05, 3.63) is 29.3 Å². The van der Waals surface area contributed by atoms with Crippen LogP contribution in [0.2, 0.25) is 0 Å². The highest BCUT2D eigenvalue weighted by Gasteiger charge is 2.16. The summed E-state index contributed by atoms with van der Waals surface area (Å²) >= 11 is 0. The highest BCUT2D eigenvalue weighted by Crippen LogP contribution is 2.26. The van der Waals surface area contributed by atoms with Crippen molar-refractivity contribution in [1.29, 1.82) is 0 Å². The lowest BCUT2D eigenvalue weighted by molar-refractivity contribution is 0.542. The van der Waals surface area contributed by atoms with Crippen LogP contribution in [0.1, 0.15) is 24.1 Å². The van der Waals surface area contributed by atoms with Gasteiger partial charge in [0.15, 0.2) is 0 Å². The van der Waals surface area contributed by atoms with Crippen LogP contribution in [-0.4, -0.2) is 6.54 Å². The van der Waals surface area contributed by atoms with Gasteiger partial charge in [-0.1, -0.05) is 12.1 Å². The van der Waals surface area contributed by atoms with E-state index in [-0.39, 0.29) is 0 Å². The van der Waals surface area contributed by atoms with Gasteiger partial charge in [0.2, 0.25) is 0 Å². The number of nitrogens with one attached hydrogen (secondary N) is 1. The third-order valence-electron chi connectivity index (χ3n) is 2.54. The Morgan fingerprint density at radius 3 is 3.08 bits per heavy atom. The Morgan fingerprint density at radius 1 is 1.50 bits per heavy atom. The molecule has 0 aromatic heterocycles. The van der Waals surface area contributed by atoms with Crippen LogP contribution in [0.4, 0.5) is 5.69 Å². The predicted octanol–water partition coefficient (Wildman–Crippen LogP) is 1.48. The lowest BCUT2D eigenvalue weighted by Crippen LogP contribution is -2.28. The summed E-state index contributed by atoms with van der Waals surface area (Å²) in [5, 5.41) is 3.41. The summed E-state index contributed by atoms with van der Waals surface area (Å²) in [6, 6.07) is 6.62. The molecule has 1 unspecified atom stereocenters. The number of anilines is 1. The Hall–Kier alpha value is -1.02. The molecule has 64 valence electrons. The van der Waals surface area contributed by atoms with Crippen LogP contribution in [0.25, 0.3) is 0 Å². The first-order valence-corrected chi connectivity index (χ1v) is 4.39. The van der Waals surface area contributed by atoms with E-state index in [9.17, 15) is 0 Å². The highest BCUT2D eigenvalue weighted by atomic mass is 14.9. The summed E-state index contributed by atoms with van der Waals surface area (Å²) in [5.74, 6) is 0. The van der Waals surface area contributed by atoms with E-state index in [1.165, 1.54) is 11.1 Å². The fraction of sp³-hybridized carbons (Fsp3) is 0.400. The Labute approximate surface area is 72.8 Å². The van der Waals surface area contributed by atoms with E-state index in [1.807, 2.05) is 12.1 Å². The van der Waals surface area contributed by atoms with Gasteiger partial charge in [-0.05, 0) is 37.1 Å². The van der Waals surface area contributed by atoms with Crippen molar-refractivity contribution in [3.8, 4) is 0 Å². The zero-order chi connectivity index (χ0) is 8.55. The van der Waals surface area contributed by atoms with E-state index in [0.717, 1.165) is 18.7 Å². The number of rotatable bonds is 0. The molecular formula is C10H14N2. The molecule has 1 aliphatic rings. The normalized spacial score (nSPS) is 21.9. The zero-order valence-corrected chi connectivity index (χ0v) is 7.30. The second-order valence-corrected chi connectivity index (χ2v) is 3.34. The van der Waals surface area contributed by atoms with E-state index >= 15 is 0 Å². The van der Waals surface area contributed by atoms with Gasteiger partial charge in [-0.3, -0.25) is 0 Å². The first-order chi connectivity index (χ1) is 5.79. The highest BCUT2D eigenvalue weighted by molar-refractivity contribution is 5.52.